The third kappa shape index (κ3) is 0.348. The van der Waals surface area contributed by atoms with Gasteiger partial charge in [-0.15, -0.1) is 0 Å². The molecule has 5 aliphatic carbocycles. The molecule has 6 fully saturated rings. The molecule has 6 bridgehead atoms. The Bertz CT molecular complexity index is 250. The second-order valence-corrected chi connectivity index (χ2v) is 5.86. The quantitative estimate of drug-likeness (QED) is 0.558. The molecule has 0 aromatic carbocycles. The number of nitrogens with one attached hydrogen (secondary N) is 1. The summed E-state index contributed by atoms with van der Waals surface area (Å²) in [6.07, 6.45) is 1.65. The molecule has 0 aromatic heterocycles. The van der Waals surface area contributed by atoms with Crippen LogP contribution in [-0.4, -0.2) is 13.1 Å². The maximum absolute atomic E-state index is 3.61. The van der Waals surface area contributed by atoms with Gasteiger partial charge in [0, 0.05) is 0 Å². The molecule has 0 radical (unpaired) electrons. The first-order chi connectivity index (χ1) is 5.97. The van der Waals surface area contributed by atoms with Crippen LogP contribution in [0.3, 0.4) is 0 Å². The molecule has 12 heavy (non-hydrogen) atoms. The minimum Gasteiger partial charge on any atom is -0.316 e. The van der Waals surface area contributed by atoms with Gasteiger partial charge in [-0.3, -0.25) is 0 Å². The van der Waals surface area contributed by atoms with Crippen molar-refractivity contribution >= 4 is 0 Å². The predicted octanol–water partition coefficient (Wildman–Crippen LogP) is 0.964. The first-order valence-corrected chi connectivity index (χ1v) is 5.67. The van der Waals surface area contributed by atoms with Crippen molar-refractivity contribution in [2.75, 3.05) is 13.1 Å². The van der Waals surface area contributed by atoms with Gasteiger partial charge in [0.2, 0.25) is 0 Å². The van der Waals surface area contributed by atoms with Crippen molar-refractivity contribution in [2.24, 2.45) is 47.3 Å². The van der Waals surface area contributed by atoms with Gasteiger partial charge in [0.15, 0.2) is 0 Å². The van der Waals surface area contributed by atoms with Gasteiger partial charge in [-0.05, 0) is 66.9 Å². The van der Waals surface area contributed by atoms with Crippen molar-refractivity contribution < 1.29 is 0 Å². The second-order valence-electron chi connectivity index (χ2n) is 5.86. The Morgan fingerprint density at radius 3 is 1.83 bits per heavy atom. The molecule has 1 nitrogen and oxygen atoms in total. The Kier molecular flexibility index (Phi) is 0.654. The molecule has 2 unspecified atom stereocenters. The van der Waals surface area contributed by atoms with E-state index in [9.17, 15) is 0 Å². The Labute approximate surface area is 72.9 Å². The monoisotopic (exact) mass is 161 g/mol. The molecular weight excluding hydrogens is 146 g/mol. The summed E-state index contributed by atoms with van der Waals surface area (Å²) in [7, 11) is 0. The molecule has 1 N–H and O–H groups in total. The third-order valence-electron chi connectivity index (χ3n) is 6.01. The fourth-order valence-corrected chi connectivity index (χ4v) is 6.05. The van der Waals surface area contributed by atoms with Crippen molar-refractivity contribution in [1.29, 1.82) is 0 Å². The summed E-state index contributed by atoms with van der Waals surface area (Å²) in [5, 5.41) is 3.61. The average molecular weight is 161 g/mol. The molecular formula is C11H15N. The van der Waals surface area contributed by atoms with E-state index in [4.69, 9.17) is 0 Å². The molecule has 0 aromatic rings. The lowest BCUT2D eigenvalue weighted by atomic mass is 9.82. The van der Waals surface area contributed by atoms with Crippen molar-refractivity contribution in [2.45, 2.75) is 6.42 Å². The van der Waals surface area contributed by atoms with Crippen LogP contribution >= 0.6 is 0 Å². The van der Waals surface area contributed by atoms with Crippen LogP contribution in [0.15, 0.2) is 0 Å². The highest BCUT2D eigenvalue weighted by atomic mass is 15.0. The highest BCUT2D eigenvalue weighted by molar-refractivity contribution is 5.28. The topological polar surface area (TPSA) is 12.0 Å². The molecule has 1 heteroatoms. The molecule has 6 rings (SSSR count). The summed E-state index contributed by atoms with van der Waals surface area (Å²) in [6.45, 7) is 2.75. The number of fused-ring (bicyclic) bond motifs is 1. The smallest absolute Gasteiger partial charge is 0.00143 e. The van der Waals surface area contributed by atoms with Crippen molar-refractivity contribution in [3.05, 3.63) is 0 Å². The van der Waals surface area contributed by atoms with Crippen LogP contribution in [0.5, 0.6) is 0 Å². The molecule has 1 aliphatic heterocycles. The number of rotatable bonds is 0. The molecule has 8 atom stereocenters. The van der Waals surface area contributed by atoms with E-state index in [1.807, 2.05) is 0 Å². The zero-order valence-corrected chi connectivity index (χ0v) is 7.24. The van der Waals surface area contributed by atoms with Crippen LogP contribution in [0.2, 0.25) is 0 Å². The van der Waals surface area contributed by atoms with Gasteiger partial charge in [0.25, 0.3) is 0 Å². The van der Waals surface area contributed by atoms with Crippen LogP contribution < -0.4 is 5.32 Å². The van der Waals surface area contributed by atoms with E-state index in [1.54, 1.807) is 6.42 Å². The molecule has 1 saturated heterocycles. The zero-order chi connectivity index (χ0) is 7.45. The summed E-state index contributed by atoms with van der Waals surface area (Å²) < 4.78 is 0. The van der Waals surface area contributed by atoms with Crippen LogP contribution in [-0.2, 0) is 0 Å². The van der Waals surface area contributed by atoms with Crippen LogP contribution in [0.1, 0.15) is 6.42 Å². The Balaban J connectivity index is 1.73. The van der Waals surface area contributed by atoms with Crippen LogP contribution in [0.4, 0.5) is 0 Å². The van der Waals surface area contributed by atoms with E-state index >= 15 is 0 Å². The van der Waals surface area contributed by atoms with Gasteiger partial charge < -0.3 is 5.32 Å². The lowest BCUT2D eigenvalue weighted by Gasteiger charge is -2.22. The van der Waals surface area contributed by atoms with Gasteiger partial charge in [-0.1, -0.05) is 0 Å². The van der Waals surface area contributed by atoms with Gasteiger partial charge in [0.1, 0.15) is 0 Å². The fraction of sp³-hybridized carbons (Fsp3) is 1.00. The minimum atomic E-state index is 1.13. The van der Waals surface area contributed by atoms with E-state index in [0.29, 0.717) is 0 Å². The molecule has 5 saturated carbocycles. The normalized spacial score (nSPS) is 80.0. The van der Waals surface area contributed by atoms with E-state index < -0.39 is 0 Å². The first-order valence-electron chi connectivity index (χ1n) is 5.67. The van der Waals surface area contributed by atoms with Gasteiger partial charge in [-0.2, -0.15) is 0 Å². The molecule has 0 spiro atoms. The second kappa shape index (κ2) is 1.39. The van der Waals surface area contributed by atoms with Crippen molar-refractivity contribution in [3.63, 3.8) is 0 Å². The van der Waals surface area contributed by atoms with Gasteiger partial charge in [0.05, 0.1) is 0 Å². The van der Waals surface area contributed by atoms with Crippen molar-refractivity contribution in [3.8, 4) is 0 Å². The van der Waals surface area contributed by atoms with E-state index in [1.165, 1.54) is 48.6 Å². The first kappa shape index (κ1) is 5.64. The average Bonchev–Trinajstić information content (AvgIpc) is 2.60. The lowest BCUT2D eigenvalue weighted by molar-refractivity contribution is 0.268. The fourth-order valence-electron chi connectivity index (χ4n) is 6.05. The third-order valence-corrected chi connectivity index (χ3v) is 6.01. The summed E-state index contributed by atoms with van der Waals surface area (Å²) in [5.41, 5.74) is 0. The largest absolute Gasteiger partial charge is 0.316 e. The Morgan fingerprint density at radius 2 is 1.25 bits per heavy atom. The van der Waals surface area contributed by atoms with E-state index in [2.05, 4.69) is 5.32 Å². The number of hydrogen-bond acceptors (Lipinski definition) is 1. The van der Waals surface area contributed by atoms with E-state index in [0.717, 1.165) is 11.8 Å². The van der Waals surface area contributed by atoms with Crippen LogP contribution in [0, 0.1) is 47.3 Å². The summed E-state index contributed by atoms with van der Waals surface area (Å²) in [4.78, 5) is 0. The van der Waals surface area contributed by atoms with Crippen LogP contribution in [0.25, 0.3) is 0 Å². The molecule has 64 valence electrons. The SMILES string of the molecule is C1C2[C@@H]3[C@H]2[C@@H]2C1[C@H]3[C@@H]1CNC[C@@H]12. The standard InChI is InChI=1S/C11H15N/c1-4-8-6-2-12-3-7(6)9(4)11-5(1)10(8)11/h4-12H,1-3H2/t4?,5?,6-,7+,8+,9-,10+,11-. The minimum absolute atomic E-state index is 1.13. The molecule has 6 aliphatic rings. The predicted molar refractivity (Wildman–Crippen MR) is 45.4 cm³/mol. The molecule has 0 amide bonds. The summed E-state index contributed by atoms with van der Waals surface area (Å²) in [5.74, 6) is 9.66. The van der Waals surface area contributed by atoms with Gasteiger partial charge >= 0.3 is 0 Å². The Morgan fingerprint density at radius 1 is 0.667 bits per heavy atom. The van der Waals surface area contributed by atoms with Crippen molar-refractivity contribution in [1.82, 2.24) is 5.32 Å². The highest BCUT2D eigenvalue weighted by Crippen LogP contribution is 2.83. The molecule has 1 heterocycles. The Hall–Kier alpha value is -0.0400. The lowest BCUT2D eigenvalue weighted by Crippen LogP contribution is -2.21. The highest BCUT2D eigenvalue weighted by Gasteiger charge is 2.80. The summed E-state index contributed by atoms with van der Waals surface area (Å²) in [6, 6.07) is 0. The van der Waals surface area contributed by atoms with Gasteiger partial charge in [-0.25, -0.2) is 0 Å². The maximum atomic E-state index is 3.61. The zero-order valence-electron chi connectivity index (χ0n) is 7.24. The maximum Gasteiger partial charge on any atom is -0.00143 e. The van der Waals surface area contributed by atoms with E-state index in [-0.39, 0.29) is 0 Å². The summed E-state index contributed by atoms with van der Waals surface area (Å²) >= 11 is 0. The number of hydrogen-bond donors (Lipinski definition) is 1.